The third-order valence-electron chi connectivity index (χ3n) is 2.46. The van der Waals surface area contributed by atoms with Crippen molar-refractivity contribution in [1.29, 1.82) is 0 Å². The zero-order chi connectivity index (χ0) is 12.3. The molecule has 0 spiro atoms. The molecule has 90 valence electrons. The predicted octanol–water partition coefficient (Wildman–Crippen LogP) is 3.17. The molecule has 0 fully saturated rings. The topological polar surface area (TPSA) is 48.1 Å². The second-order valence-electron chi connectivity index (χ2n) is 3.65. The molecule has 1 heterocycles. The van der Waals surface area contributed by atoms with Gasteiger partial charge in [-0.1, -0.05) is 17.7 Å². The Labute approximate surface area is 109 Å². The molecule has 2 aromatic rings. The Morgan fingerprint density at radius 1 is 1.41 bits per heavy atom. The van der Waals surface area contributed by atoms with Crippen LogP contribution in [0.5, 0.6) is 5.75 Å². The fourth-order valence-electron chi connectivity index (χ4n) is 1.58. The van der Waals surface area contributed by atoms with E-state index >= 15 is 0 Å². The summed E-state index contributed by atoms with van der Waals surface area (Å²) in [6.45, 7) is 0. The van der Waals surface area contributed by atoms with Gasteiger partial charge in [0.05, 0.1) is 17.8 Å². The van der Waals surface area contributed by atoms with Crippen LogP contribution in [-0.4, -0.2) is 12.1 Å². The van der Waals surface area contributed by atoms with Crippen LogP contribution in [0.2, 0.25) is 5.02 Å². The van der Waals surface area contributed by atoms with E-state index in [9.17, 15) is 0 Å². The van der Waals surface area contributed by atoms with Crippen LogP contribution in [0.15, 0.2) is 23.6 Å². The second kappa shape index (κ2) is 5.38. The van der Waals surface area contributed by atoms with Crippen LogP contribution in [-0.2, 0) is 12.8 Å². The number of nitrogen functional groups attached to an aromatic ring is 1. The number of aryl methyl sites for hydroxylation is 2. The number of aromatic nitrogens is 1. The van der Waals surface area contributed by atoms with Gasteiger partial charge in [0.15, 0.2) is 5.13 Å². The van der Waals surface area contributed by atoms with Crippen molar-refractivity contribution in [3.8, 4) is 5.75 Å². The summed E-state index contributed by atoms with van der Waals surface area (Å²) >= 11 is 7.53. The molecule has 0 aliphatic rings. The van der Waals surface area contributed by atoms with Crippen molar-refractivity contribution in [3.63, 3.8) is 0 Å². The summed E-state index contributed by atoms with van der Waals surface area (Å²) in [5.74, 6) is 0.702. The lowest BCUT2D eigenvalue weighted by molar-refractivity contribution is 0.415. The van der Waals surface area contributed by atoms with Gasteiger partial charge in [0.2, 0.25) is 0 Å². The third kappa shape index (κ3) is 3.11. The Balaban J connectivity index is 2.02. The zero-order valence-electron chi connectivity index (χ0n) is 9.44. The van der Waals surface area contributed by atoms with E-state index in [2.05, 4.69) is 4.98 Å². The Morgan fingerprint density at radius 2 is 2.24 bits per heavy atom. The standard InChI is InChI=1S/C12H13ClN2OS/c1-16-11-5-3-8(6-10(11)13)2-4-9-7-17-12(14)15-9/h3,5-7H,2,4H2,1H3,(H2,14,15). The van der Waals surface area contributed by atoms with Crippen LogP contribution in [0.1, 0.15) is 11.3 Å². The molecule has 0 bridgehead atoms. The highest BCUT2D eigenvalue weighted by molar-refractivity contribution is 7.13. The van der Waals surface area contributed by atoms with Crippen LogP contribution in [0, 0.1) is 0 Å². The molecule has 1 aromatic carbocycles. The van der Waals surface area contributed by atoms with Gasteiger partial charge in [0.25, 0.3) is 0 Å². The van der Waals surface area contributed by atoms with E-state index in [1.807, 2.05) is 23.6 Å². The molecule has 2 N–H and O–H groups in total. The monoisotopic (exact) mass is 268 g/mol. The van der Waals surface area contributed by atoms with Gasteiger partial charge in [-0.05, 0) is 30.5 Å². The number of hydrogen-bond acceptors (Lipinski definition) is 4. The summed E-state index contributed by atoms with van der Waals surface area (Å²) in [6.07, 6.45) is 1.77. The molecule has 0 atom stereocenters. The van der Waals surface area contributed by atoms with Crippen LogP contribution >= 0.6 is 22.9 Å². The first-order chi connectivity index (χ1) is 8.19. The van der Waals surface area contributed by atoms with Gasteiger partial charge in [-0.2, -0.15) is 0 Å². The lowest BCUT2D eigenvalue weighted by atomic mass is 10.1. The number of ether oxygens (including phenoxy) is 1. The Kier molecular flexibility index (Phi) is 3.86. The molecule has 0 aliphatic carbocycles. The number of anilines is 1. The highest BCUT2D eigenvalue weighted by Gasteiger charge is 2.03. The molecule has 5 heteroatoms. The molecular weight excluding hydrogens is 256 g/mol. The lowest BCUT2D eigenvalue weighted by Crippen LogP contribution is -1.93. The molecule has 1 aromatic heterocycles. The molecule has 0 amide bonds. The van der Waals surface area contributed by atoms with Gasteiger partial charge >= 0.3 is 0 Å². The smallest absolute Gasteiger partial charge is 0.180 e. The highest BCUT2D eigenvalue weighted by atomic mass is 35.5. The number of methoxy groups -OCH3 is 1. The Morgan fingerprint density at radius 3 is 2.82 bits per heavy atom. The molecule has 3 nitrogen and oxygen atoms in total. The third-order valence-corrected chi connectivity index (χ3v) is 3.47. The summed E-state index contributed by atoms with van der Waals surface area (Å²) in [6, 6.07) is 5.82. The highest BCUT2D eigenvalue weighted by Crippen LogP contribution is 2.25. The van der Waals surface area contributed by atoms with E-state index in [1.54, 1.807) is 7.11 Å². The Bertz CT molecular complexity index is 513. The van der Waals surface area contributed by atoms with Crippen molar-refractivity contribution >= 4 is 28.1 Å². The van der Waals surface area contributed by atoms with Gasteiger partial charge in [-0.15, -0.1) is 11.3 Å². The molecular formula is C12H13ClN2OS. The van der Waals surface area contributed by atoms with Crippen molar-refractivity contribution in [2.24, 2.45) is 0 Å². The molecule has 0 saturated heterocycles. The minimum absolute atomic E-state index is 0.618. The SMILES string of the molecule is COc1ccc(CCc2csc(N)n2)cc1Cl. The fourth-order valence-corrected chi connectivity index (χ4v) is 2.45. The number of rotatable bonds is 4. The van der Waals surface area contributed by atoms with E-state index in [4.69, 9.17) is 22.1 Å². The maximum Gasteiger partial charge on any atom is 0.180 e. The van der Waals surface area contributed by atoms with E-state index in [-0.39, 0.29) is 0 Å². The summed E-state index contributed by atoms with van der Waals surface area (Å²) < 4.78 is 5.11. The second-order valence-corrected chi connectivity index (χ2v) is 4.94. The number of hydrogen-bond donors (Lipinski definition) is 1. The van der Waals surface area contributed by atoms with Gasteiger partial charge in [-0.3, -0.25) is 0 Å². The molecule has 17 heavy (non-hydrogen) atoms. The summed E-state index contributed by atoms with van der Waals surface area (Å²) in [5, 5.41) is 3.25. The maximum absolute atomic E-state index is 6.06. The van der Waals surface area contributed by atoms with Crippen molar-refractivity contribution in [3.05, 3.63) is 39.9 Å². The average Bonchev–Trinajstić information content (AvgIpc) is 2.73. The summed E-state index contributed by atoms with van der Waals surface area (Å²) in [7, 11) is 1.61. The van der Waals surface area contributed by atoms with Crippen LogP contribution in [0.4, 0.5) is 5.13 Å². The largest absolute Gasteiger partial charge is 0.495 e. The zero-order valence-corrected chi connectivity index (χ0v) is 11.0. The van der Waals surface area contributed by atoms with Crippen LogP contribution in [0.25, 0.3) is 0 Å². The van der Waals surface area contributed by atoms with E-state index in [1.165, 1.54) is 16.9 Å². The summed E-state index contributed by atoms with van der Waals surface area (Å²) in [4.78, 5) is 4.22. The minimum Gasteiger partial charge on any atom is -0.495 e. The number of thiazole rings is 1. The fraction of sp³-hybridized carbons (Fsp3) is 0.250. The normalized spacial score (nSPS) is 10.5. The Hall–Kier alpha value is -1.26. The van der Waals surface area contributed by atoms with Crippen molar-refractivity contribution in [1.82, 2.24) is 4.98 Å². The van der Waals surface area contributed by atoms with Crippen molar-refractivity contribution in [2.75, 3.05) is 12.8 Å². The number of halogens is 1. The first-order valence-corrected chi connectivity index (χ1v) is 6.47. The van der Waals surface area contributed by atoms with Gasteiger partial charge in [0, 0.05) is 5.38 Å². The molecule has 0 unspecified atom stereocenters. The van der Waals surface area contributed by atoms with E-state index in [0.29, 0.717) is 15.9 Å². The number of benzene rings is 1. The predicted molar refractivity (Wildman–Crippen MR) is 71.9 cm³/mol. The van der Waals surface area contributed by atoms with Gasteiger partial charge < -0.3 is 10.5 Å². The van der Waals surface area contributed by atoms with Crippen LogP contribution in [0.3, 0.4) is 0 Å². The average molecular weight is 269 g/mol. The molecule has 0 radical (unpaired) electrons. The first kappa shape index (κ1) is 12.2. The van der Waals surface area contributed by atoms with Crippen molar-refractivity contribution in [2.45, 2.75) is 12.8 Å². The number of nitrogens with zero attached hydrogens (tertiary/aromatic N) is 1. The molecule has 0 aliphatic heterocycles. The van der Waals surface area contributed by atoms with Crippen molar-refractivity contribution < 1.29 is 4.74 Å². The minimum atomic E-state index is 0.618. The molecule has 2 rings (SSSR count). The maximum atomic E-state index is 6.06. The first-order valence-electron chi connectivity index (χ1n) is 5.21. The molecule has 0 saturated carbocycles. The summed E-state index contributed by atoms with van der Waals surface area (Å²) in [5.41, 5.74) is 7.78. The van der Waals surface area contributed by atoms with Crippen LogP contribution < -0.4 is 10.5 Å². The van der Waals surface area contributed by atoms with E-state index < -0.39 is 0 Å². The van der Waals surface area contributed by atoms with E-state index in [0.717, 1.165) is 18.5 Å². The van der Waals surface area contributed by atoms with Gasteiger partial charge in [0.1, 0.15) is 5.75 Å². The quantitative estimate of drug-likeness (QED) is 0.927. The number of nitrogens with two attached hydrogens (primary N) is 1. The van der Waals surface area contributed by atoms with Gasteiger partial charge in [-0.25, -0.2) is 4.98 Å². The lowest BCUT2D eigenvalue weighted by Gasteiger charge is -2.05.